The van der Waals surface area contributed by atoms with Gasteiger partial charge in [0, 0.05) is 0 Å². The molecule has 1 aliphatic rings. The molecular formula is C14H16IN2O2Te+. The van der Waals surface area contributed by atoms with Crippen LogP contribution in [-0.4, -0.2) is 35.2 Å². The Morgan fingerprint density at radius 1 is 1.30 bits per heavy atom. The van der Waals surface area contributed by atoms with Gasteiger partial charge in [0.05, 0.1) is 0 Å². The van der Waals surface area contributed by atoms with Gasteiger partial charge in [0.1, 0.15) is 0 Å². The molecule has 0 N–H and O–H groups in total. The molecule has 106 valence electrons. The van der Waals surface area contributed by atoms with Crippen LogP contribution in [0.4, 0.5) is 5.69 Å². The van der Waals surface area contributed by atoms with Crippen LogP contribution in [0.2, 0.25) is 0 Å². The van der Waals surface area contributed by atoms with Gasteiger partial charge in [-0.2, -0.15) is 0 Å². The van der Waals surface area contributed by atoms with Crippen molar-refractivity contribution in [3.63, 3.8) is 0 Å². The van der Waals surface area contributed by atoms with Gasteiger partial charge in [-0.3, -0.25) is 0 Å². The second-order valence-corrected chi connectivity index (χ2v) is 9.25. The van der Waals surface area contributed by atoms with E-state index >= 15 is 0 Å². The van der Waals surface area contributed by atoms with Crippen molar-refractivity contribution in [2.45, 2.75) is 25.7 Å². The number of ether oxygens (including phenoxy) is 1. The normalized spacial score (nSPS) is 15.7. The number of hydrogen-bond donors (Lipinski definition) is 0. The van der Waals surface area contributed by atoms with Crippen molar-refractivity contribution in [1.29, 1.82) is 0 Å². The van der Waals surface area contributed by atoms with Crippen molar-refractivity contribution in [3.8, 4) is 5.75 Å². The molecule has 0 bridgehead atoms. The van der Waals surface area contributed by atoms with Crippen molar-refractivity contribution in [2.24, 2.45) is 5.10 Å². The van der Waals surface area contributed by atoms with Crippen LogP contribution in [-0.2, 0) is 0 Å². The molecular weight excluding hydrogens is 483 g/mol. The average Bonchev–Trinajstić information content (AvgIpc) is 2.53. The van der Waals surface area contributed by atoms with Crippen LogP contribution < -0.4 is 4.74 Å². The van der Waals surface area contributed by atoms with Gasteiger partial charge in [-0.25, -0.2) is 0 Å². The Morgan fingerprint density at radius 2 is 2.00 bits per heavy atom. The fraction of sp³-hybridized carbons (Fsp3) is 0.357. The third-order valence-electron chi connectivity index (χ3n) is 3.16. The fourth-order valence-corrected chi connectivity index (χ4v) is 6.76. The molecule has 0 heterocycles. The molecule has 0 aliphatic heterocycles. The minimum atomic E-state index is -0.0981. The Bertz CT molecular complexity index is 541. The summed E-state index contributed by atoms with van der Waals surface area (Å²) in [5.41, 5.74) is 1.80. The average molecular weight is 499 g/mol. The summed E-state index contributed by atoms with van der Waals surface area (Å²) in [7, 11) is 1.60. The van der Waals surface area contributed by atoms with Crippen molar-refractivity contribution < 1.29 is 9.61 Å². The molecule has 6 heteroatoms. The van der Waals surface area contributed by atoms with Crippen LogP contribution in [0.1, 0.15) is 25.7 Å². The van der Waals surface area contributed by atoms with E-state index in [0.717, 1.165) is 12.2 Å². The molecule has 1 aromatic rings. The monoisotopic (exact) mass is 501 g/mol. The fourth-order valence-electron chi connectivity index (χ4n) is 2.02. The zero-order valence-electron chi connectivity index (χ0n) is 11.2. The molecule has 20 heavy (non-hydrogen) atoms. The van der Waals surface area contributed by atoms with Gasteiger partial charge in [-0.15, -0.1) is 0 Å². The van der Waals surface area contributed by atoms with Gasteiger partial charge in [0.25, 0.3) is 0 Å². The summed E-state index contributed by atoms with van der Waals surface area (Å²) < 4.78 is 6.62. The van der Waals surface area contributed by atoms with E-state index in [1.165, 1.54) is 24.8 Å². The van der Waals surface area contributed by atoms with Gasteiger partial charge < -0.3 is 0 Å². The Morgan fingerprint density at radius 3 is 2.65 bits per heavy atom. The number of benzene rings is 1. The van der Waals surface area contributed by atoms with E-state index in [-0.39, 0.29) is 17.0 Å². The second-order valence-electron chi connectivity index (χ2n) is 4.45. The van der Waals surface area contributed by atoms with Crippen molar-refractivity contribution in [1.82, 2.24) is 0 Å². The van der Waals surface area contributed by atoms with Gasteiger partial charge in [0.2, 0.25) is 0 Å². The maximum absolute atomic E-state index is 11.9. The first-order valence-electron chi connectivity index (χ1n) is 6.40. The molecule has 0 aromatic heterocycles. The van der Waals surface area contributed by atoms with Crippen LogP contribution in [0.25, 0.3) is 0 Å². The third kappa shape index (κ3) is 4.27. The topological polar surface area (TPSA) is 41.7 Å². The van der Waals surface area contributed by atoms with Gasteiger partial charge in [-0.05, 0) is 0 Å². The van der Waals surface area contributed by atoms with Gasteiger partial charge in [0.15, 0.2) is 0 Å². The summed E-state index contributed by atoms with van der Waals surface area (Å²) in [6.45, 7) is 0. The van der Waals surface area contributed by atoms with E-state index in [2.05, 4.69) is 23.8 Å². The standard InChI is InChI=1S/C14H16IN2O2Te/c1-19-13-8-6-12(7-9-13)17(18)16-10-11-4-2-3-5-14(11)20-15/h6-10H,2-5H2,1H3/q+1/b16-10+. The molecule has 0 amide bonds. The summed E-state index contributed by atoms with van der Waals surface area (Å²) >= 11 is 2.41. The minimum absolute atomic E-state index is 0.0981. The van der Waals surface area contributed by atoms with Crippen LogP contribution in [0.3, 0.4) is 0 Å². The first-order valence-corrected chi connectivity index (χ1v) is 14.4. The van der Waals surface area contributed by atoms with Crippen LogP contribution >= 0.6 is 18.7 Å². The van der Waals surface area contributed by atoms with E-state index in [1.807, 2.05) is 0 Å². The Labute approximate surface area is 138 Å². The zero-order chi connectivity index (χ0) is 14.4. The number of allylic oxidation sites excluding steroid dienone is 2. The molecule has 0 atom stereocenters. The SMILES string of the molecule is COc1ccc([N+](=O)/N=C/C2=C([Te]I)CCCC2)cc1. The van der Waals surface area contributed by atoms with E-state index in [1.54, 1.807) is 41.2 Å². The molecule has 0 saturated carbocycles. The quantitative estimate of drug-likeness (QED) is 0.203. The number of hydrogen-bond acceptors (Lipinski definition) is 2. The molecule has 1 aliphatic carbocycles. The molecule has 2 rings (SSSR count). The summed E-state index contributed by atoms with van der Waals surface area (Å²) in [6, 6.07) is 6.95. The van der Waals surface area contributed by atoms with Gasteiger partial charge >= 0.3 is 139 Å². The van der Waals surface area contributed by atoms with Gasteiger partial charge in [-0.1, -0.05) is 0 Å². The van der Waals surface area contributed by atoms with Crippen molar-refractivity contribution in [3.05, 3.63) is 38.4 Å². The number of nitroso groups, excluding NO2 is 1. The zero-order valence-corrected chi connectivity index (χ0v) is 15.7. The molecule has 4 nitrogen and oxygen atoms in total. The molecule has 0 saturated heterocycles. The summed E-state index contributed by atoms with van der Waals surface area (Å²) in [4.78, 5) is 12.6. The third-order valence-corrected chi connectivity index (χ3v) is 8.59. The Hall–Kier alpha value is -0.450. The van der Waals surface area contributed by atoms with Crippen LogP contribution in [0.5, 0.6) is 5.75 Å². The second kappa shape index (κ2) is 8.11. The molecule has 0 fully saturated rings. The predicted molar refractivity (Wildman–Crippen MR) is 90.0 cm³/mol. The predicted octanol–water partition coefficient (Wildman–Crippen LogP) is 3.97. The summed E-state index contributed by atoms with van der Waals surface area (Å²) in [6.07, 6.45) is 6.49. The number of halogens is 1. The van der Waals surface area contributed by atoms with Crippen LogP contribution in [0, 0.1) is 4.91 Å². The van der Waals surface area contributed by atoms with E-state index in [0.29, 0.717) is 10.6 Å². The molecule has 0 unspecified atom stereocenters. The van der Waals surface area contributed by atoms with E-state index in [4.69, 9.17) is 4.74 Å². The molecule has 1 aromatic carbocycles. The Balaban J connectivity index is 2.09. The number of methoxy groups -OCH3 is 1. The van der Waals surface area contributed by atoms with Crippen molar-refractivity contribution >= 4 is 47.6 Å². The molecule has 0 radical (unpaired) electrons. The number of hydrazone groups is 1. The van der Waals surface area contributed by atoms with E-state index < -0.39 is 0 Å². The van der Waals surface area contributed by atoms with Crippen LogP contribution in [0.15, 0.2) is 38.6 Å². The first-order chi connectivity index (χ1) is 9.74. The number of rotatable bonds is 5. The van der Waals surface area contributed by atoms with E-state index in [9.17, 15) is 4.91 Å². The van der Waals surface area contributed by atoms with Crippen molar-refractivity contribution in [2.75, 3.05) is 7.11 Å². The Kier molecular flexibility index (Phi) is 6.46. The number of nitrogens with zero attached hydrogens (tertiary/aromatic N) is 2. The first kappa shape index (κ1) is 15.9. The maximum atomic E-state index is 11.9. The molecule has 0 spiro atoms. The summed E-state index contributed by atoms with van der Waals surface area (Å²) in [5, 5.41) is 4.04. The summed E-state index contributed by atoms with van der Waals surface area (Å²) in [5.74, 6) is 0.735.